The summed E-state index contributed by atoms with van der Waals surface area (Å²) in [7, 11) is 0. The number of thiophene rings is 2. The number of benzene rings is 2. The van der Waals surface area contributed by atoms with Crippen LogP contribution in [0.15, 0.2) is 109 Å². The van der Waals surface area contributed by atoms with Crippen LogP contribution >= 0.6 is 22.7 Å². The molecule has 1 radical (unpaired) electrons. The molecule has 4 nitrogen and oxygen atoms in total. The number of aliphatic hydroxyl groups is 2. The van der Waals surface area contributed by atoms with Gasteiger partial charge in [-0.05, 0) is 73.2 Å². The van der Waals surface area contributed by atoms with Crippen LogP contribution in [0.4, 0.5) is 0 Å². The van der Waals surface area contributed by atoms with Gasteiger partial charge in [0.05, 0.1) is 33.4 Å². The van der Waals surface area contributed by atoms with Gasteiger partial charge in [0.1, 0.15) is 0 Å². The van der Waals surface area contributed by atoms with Gasteiger partial charge in [-0.2, -0.15) is 0 Å². The molecule has 0 fully saturated rings. The molecule has 0 aliphatic heterocycles. The summed E-state index contributed by atoms with van der Waals surface area (Å²) in [5, 5.41) is 20.3. The summed E-state index contributed by atoms with van der Waals surface area (Å²) in [6.07, 6.45) is 2.85. The van der Waals surface area contributed by atoms with E-state index in [4.69, 9.17) is 10.2 Å². The van der Waals surface area contributed by atoms with Crippen LogP contribution in [-0.2, 0) is 20.1 Å². The molecule has 2 unspecified atom stereocenters. The van der Waals surface area contributed by atoms with Crippen LogP contribution in [0.5, 0.6) is 0 Å². The average molecular weight is 733 g/mol. The van der Waals surface area contributed by atoms with Crippen molar-refractivity contribution in [2.45, 2.75) is 33.0 Å². The molecule has 0 saturated carbocycles. The predicted molar refractivity (Wildman–Crippen MR) is 163 cm³/mol. The zero-order valence-corrected chi connectivity index (χ0v) is 26.1. The van der Waals surface area contributed by atoms with Crippen LogP contribution in [0.25, 0.3) is 41.3 Å². The monoisotopic (exact) mass is 733 g/mol. The maximum Gasteiger partial charge on any atom is 0.0802 e. The van der Waals surface area contributed by atoms with E-state index in [0.29, 0.717) is 0 Å². The van der Waals surface area contributed by atoms with E-state index in [1.54, 1.807) is 36.5 Å². The van der Waals surface area contributed by atoms with Gasteiger partial charge in [0.25, 0.3) is 0 Å². The van der Waals surface area contributed by atoms with Gasteiger partial charge in [0.2, 0.25) is 0 Å². The Bertz CT molecular complexity index is 1370. The van der Waals surface area contributed by atoms with Crippen molar-refractivity contribution in [3.63, 3.8) is 0 Å². The van der Waals surface area contributed by atoms with Gasteiger partial charge in [0, 0.05) is 47.8 Å². The van der Waals surface area contributed by atoms with E-state index in [9.17, 15) is 0 Å². The third-order valence-electron chi connectivity index (χ3n) is 6.21. The second-order valence-electron chi connectivity index (χ2n) is 9.07. The van der Waals surface area contributed by atoms with E-state index in [2.05, 4.69) is 70.6 Å². The molecule has 0 amide bonds. The fraction of sp³-hybridized carbons (Fsp3) is 0.188. The summed E-state index contributed by atoms with van der Waals surface area (Å²) >= 11 is 3.58. The molecule has 6 rings (SSSR count). The molecule has 0 aliphatic carbocycles. The molecule has 6 aromatic rings. The van der Waals surface area contributed by atoms with Crippen molar-refractivity contribution in [2.75, 3.05) is 0 Å². The van der Waals surface area contributed by atoms with Gasteiger partial charge in [-0.3, -0.25) is 9.97 Å². The second-order valence-corrected chi connectivity index (χ2v) is 11.2. The summed E-state index contributed by atoms with van der Waals surface area (Å²) in [6.45, 7) is 5.17. The zero-order valence-electron chi connectivity index (χ0n) is 22.1. The molecule has 2 aromatic carbocycles. The summed E-state index contributed by atoms with van der Waals surface area (Å²) in [6, 6.07) is 33.2. The fourth-order valence-electron chi connectivity index (χ4n) is 3.64. The van der Waals surface area contributed by atoms with Crippen LogP contribution in [0, 0.1) is 5.92 Å². The molecule has 0 bridgehead atoms. The number of aliphatic hydroxyl groups excluding tert-OH is 2. The van der Waals surface area contributed by atoms with Gasteiger partial charge in [-0.25, -0.2) is 0 Å². The SMILES string of the molecule is CC(O)C(C)C(C)O.[Ir].c1ccc(-c2cc3ccccc3s2)nc1.c1ccc(-c2cc3ccccc3s2)nc1. The molecule has 7 heteroatoms. The third-order valence-corrected chi connectivity index (χ3v) is 8.48. The number of fused-ring (bicyclic) bond motifs is 2. The molecule has 4 aromatic heterocycles. The van der Waals surface area contributed by atoms with Crippen LogP contribution in [-0.4, -0.2) is 32.4 Å². The summed E-state index contributed by atoms with van der Waals surface area (Å²) < 4.78 is 2.64. The van der Waals surface area contributed by atoms with Crippen LogP contribution in [0.3, 0.4) is 0 Å². The average Bonchev–Trinajstić information content (AvgIpc) is 3.59. The van der Waals surface area contributed by atoms with Gasteiger partial charge in [-0.15, -0.1) is 22.7 Å². The van der Waals surface area contributed by atoms with Crippen molar-refractivity contribution in [1.29, 1.82) is 0 Å². The minimum absolute atomic E-state index is 0. The van der Waals surface area contributed by atoms with Crippen molar-refractivity contribution in [1.82, 2.24) is 9.97 Å². The van der Waals surface area contributed by atoms with Gasteiger partial charge in [-0.1, -0.05) is 55.5 Å². The minimum atomic E-state index is -0.407. The quantitative estimate of drug-likeness (QED) is 0.192. The Kier molecular flexibility index (Phi) is 11.9. The number of rotatable bonds is 4. The summed E-state index contributed by atoms with van der Waals surface area (Å²) in [5.41, 5.74) is 2.11. The van der Waals surface area contributed by atoms with Gasteiger partial charge >= 0.3 is 0 Å². The molecule has 203 valence electrons. The molecule has 0 spiro atoms. The summed E-state index contributed by atoms with van der Waals surface area (Å²) in [5.74, 6) is -0.0185. The molecule has 2 N–H and O–H groups in total. The largest absolute Gasteiger partial charge is 0.393 e. The Morgan fingerprint density at radius 3 is 1.26 bits per heavy atom. The van der Waals surface area contributed by atoms with Gasteiger partial charge in [0.15, 0.2) is 0 Å². The number of pyridine rings is 2. The van der Waals surface area contributed by atoms with Crippen molar-refractivity contribution in [3.05, 3.63) is 109 Å². The predicted octanol–water partition coefficient (Wildman–Crippen LogP) is 8.31. The Morgan fingerprint density at radius 2 is 0.949 bits per heavy atom. The van der Waals surface area contributed by atoms with Crippen LogP contribution in [0.1, 0.15) is 20.8 Å². The van der Waals surface area contributed by atoms with Crippen molar-refractivity contribution < 1.29 is 30.3 Å². The third kappa shape index (κ3) is 8.61. The number of hydrogen-bond acceptors (Lipinski definition) is 6. The van der Waals surface area contributed by atoms with E-state index in [1.807, 2.05) is 55.7 Å². The maximum atomic E-state index is 8.83. The molecule has 4 heterocycles. The molecular weight excluding hydrogens is 701 g/mol. The van der Waals surface area contributed by atoms with Crippen molar-refractivity contribution in [3.8, 4) is 21.1 Å². The summed E-state index contributed by atoms with van der Waals surface area (Å²) in [4.78, 5) is 11.2. The zero-order chi connectivity index (χ0) is 26.9. The second kappa shape index (κ2) is 15.1. The number of nitrogens with zero attached hydrogens (tertiary/aromatic N) is 2. The molecule has 2 atom stereocenters. The van der Waals surface area contributed by atoms with E-state index >= 15 is 0 Å². The van der Waals surface area contributed by atoms with Gasteiger partial charge < -0.3 is 10.2 Å². The van der Waals surface area contributed by atoms with Crippen LogP contribution < -0.4 is 0 Å². The Balaban J connectivity index is 0.000000168. The Hall–Kier alpha value is -2.77. The molecule has 0 aliphatic rings. The normalized spacial score (nSPS) is 12.7. The molecule has 39 heavy (non-hydrogen) atoms. The topological polar surface area (TPSA) is 66.2 Å². The van der Waals surface area contributed by atoms with Crippen molar-refractivity contribution >= 4 is 42.8 Å². The molecule has 0 saturated heterocycles. The fourth-order valence-corrected chi connectivity index (χ4v) is 5.72. The number of hydrogen-bond donors (Lipinski definition) is 2. The first-order valence-corrected chi connectivity index (χ1v) is 14.2. The first kappa shape index (κ1) is 30.8. The van der Waals surface area contributed by atoms with E-state index < -0.39 is 12.2 Å². The van der Waals surface area contributed by atoms with Crippen molar-refractivity contribution in [2.24, 2.45) is 5.92 Å². The minimum Gasteiger partial charge on any atom is -0.393 e. The smallest absolute Gasteiger partial charge is 0.0802 e. The molecular formula is C32H32IrN2O2S2. The van der Waals surface area contributed by atoms with E-state index in [0.717, 1.165) is 11.4 Å². The first-order valence-electron chi connectivity index (χ1n) is 12.6. The maximum absolute atomic E-state index is 8.83. The Morgan fingerprint density at radius 1 is 0.564 bits per heavy atom. The van der Waals surface area contributed by atoms with E-state index in [-0.39, 0.29) is 26.0 Å². The Labute approximate surface area is 251 Å². The standard InChI is InChI=1S/2C13H9NS.C6H14O2.Ir/c2*1-2-7-12-10(5-1)9-13(15-12)11-6-3-4-8-14-11;1-4(5(2)7)6(3)8;/h2*1-9H;4-8H,1-3H3;. The van der Waals surface area contributed by atoms with Crippen LogP contribution in [0.2, 0.25) is 0 Å². The first-order chi connectivity index (χ1) is 18.4. The van der Waals surface area contributed by atoms with E-state index in [1.165, 1.54) is 29.9 Å². The number of aromatic nitrogens is 2.